The van der Waals surface area contributed by atoms with E-state index in [0.717, 1.165) is 35.7 Å². The fourth-order valence-corrected chi connectivity index (χ4v) is 4.87. The molecule has 1 heterocycles. The van der Waals surface area contributed by atoms with Gasteiger partial charge in [-0.3, -0.25) is 0 Å². The smallest absolute Gasteiger partial charge is 0.242 e. The highest BCUT2D eigenvalue weighted by Crippen LogP contribution is 2.37. The third-order valence-electron chi connectivity index (χ3n) is 3.14. The van der Waals surface area contributed by atoms with Crippen molar-refractivity contribution in [3.63, 3.8) is 0 Å². The van der Waals surface area contributed by atoms with Gasteiger partial charge in [0.25, 0.3) is 0 Å². The Balaban J connectivity index is 2.19. The van der Waals surface area contributed by atoms with Gasteiger partial charge in [-0.15, -0.1) is 11.3 Å². The maximum Gasteiger partial charge on any atom is 0.242 e. The predicted molar refractivity (Wildman–Crippen MR) is 74.4 cm³/mol. The summed E-state index contributed by atoms with van der Waals surface area (Å²) in [5.74, 6) is 0. The molecule has 1 aliphatic carbocycles. The molecule has 1 saturated carbocycles. The summed E-state index contributed by atoms with van der Waals surface area (Å²) in [6.45, 7) is 7.47. The first-order valence-electron chi connectivity index (χ1n) is 6.20. The number of hydrogen-bond acceptors (Lipinski definition) is 4. The molecule has 1 aromatic rings. The molecule has 0 aromatic carbocycles. The van der Waals surface area contributed by atoms with Crippen LogP contribution in [0.3, 0.4) is 0 Å². The van der Waals surface area contributed by atoms with Crippen molar-refractivity contribution in [3.8, 4) is 0 Å². The fraction of sp³-hybridized carbons (Fsp3) is 0.667. The van der Waals surface area contributed by atoms with Crippen LogP contribution in [0.2, 0.25) is 0 Å². The summed E-state index contributed by atoms with van der Waals surface area (Å²) < 4.78 is 27.3. The first kappa shape index (κ1) is 14.0. The van der Waals surface area contributed by atoms with Gasteiger partial charge in [-0.05, 0) is 39.3 Å². The van der Waals surface area contributed by atoms with Crippen molar-refractivity contribution >= 4 is 21.4 Å². The van der Waals surface area contributed by atoms with Gasteiger partial charge in [0.15, 0.2) is 0 Å². The van der Waals surface area contributed by atoms with Crippen LogP contribution in [0, 0.1) is 6.92 Å². The van der Waals surface area contributed by atoms with E-state index in [4.69, 9.17) is 0 Å². The van der Waals surface area contributed by atoms with Gasteiger partial charge in [-0.2, -0.15) is 0 Å². The SMILES string of the molecule is CCNCc1cc(S(=O)(=O)NC2(C)CC2)c(C)s1. The predicted octanol–water partition coefficient (Wildman–Crippen LogP) is 2.00. The lowest BCUT2D eigenvalue weighted by Gasteiger charge is -2.11. The van der Waals surface area contributed by atoms with Crippen LogP contribution < -0.4 is 10.0 Å². The number of hydrogen-bond donors (Lipinski definition) is 2. The standard InChI is InChI=1S/C12H20N2O2S2/c1-4-13-8-10-7-11(9(2)17-10)18(15,16)14-12(3)5-6-12/h7,13-14H,4-6,8H2,1-3H3. The van der Waals surface area contributed by atoms with Gasteiger partial charge >= 0.3 is 0 Å². The van der Waals surface area contributed by atoms with Crippen molar-refractivity contribution < 1.29 is 8.42 Å². The van der Waals surface area contributed by atoms with Crippen LogP contribution in [0.4, 0.5) is 0 Å². The lowest BCUT2D eigenvalue weighted by atomic mass is 10.4. The molecule has 0 spiro atoms. The number of aryl methyl sites for hydroxylation is 1. The molecular weight excluding hydrogens is 268 g/mol. The monoisotopic (exact) mass is 288 g/mol. The Hall–Kier alpha value is -0.430. The third-order valence-corrected chi connectivity index (χ3v) is 6.09. The average molecular weight is 288 g/mol. The number of nitrogens with one attached hydrogen (secondary N) is 2. The molecule has 0 aliphatic heterocycles. The molecule has 6 heteroatoms. The summed E-state index contributed by atoms with van der Waals surface area (Å²) in [4.78, 5) is 2.36. The summed E-state index contributed by atoms with van der Waals surface area (Å²) in [7, 11) is -3.36. The van der Waals surface area contributed by atoms with Gasteiger partial charge in [0.2, 0.25) is 10.0 Å². The Morgan fingerprint density at radius 3 is 2.67 bits per heavy atom. The third kappa shape index (κ3) is 3.12. The first-order valence-corrected chi connectivity index (χ1v) is 8.50. The molecule has 2 N–H and O–H groups in total. The lowest BCUT2D eigenvalue weighted by molar-refractivity contribution is 0.558. The van der Waals surface area contributed by atoms with Gasteiger partial charge in [-0.1, -0.05) is 6.92 Å². The summed E-state index contributed by atoms with van der Waals surface area (Å²) in [5.41, 5.74) is -0.213. The van der Waals surface area contributed by atoms with E-state index in [9.17, 15) is 8.42 Å². The van der Waals surface area contributed by atoms with E-state index in [-0.39, 0.29) is 5.54 Å². The number of rotatable bonds is 6. The fourth-order valence-electron chi connectivity index (χ4n) is 1.80. The minimum absolute atomic E-state index is 0.213. The second kappa shape index (κ2) is 4.92. The maximum atomic E-state index is 12.3. The van der Waals surface area contributed by atoms with E-state index in [1.807, 2.05) is 20.8 Å². The van der Waals surface area contributed by atoms with E-state index in [0.29, 0.717) is 4.90 Å². The van der Waals surface area contributed by atoms with Crippen molar-refractivity contribution in [1.82, 2.24) is 10.0 Å². The van der Waals surface area contributed by atoms with Crippen LogP contribution in [0.5, 0.6) is 0 Å². The minimum atomic E-state index is -3.36. The average Bonchev–Trinajstić information content (AvgIpc) is 2.85. The zero-order valence-corrected chi connectivity index (χ0v) is 12.7. The Morgan fingerprint density at radius 1 is 1.44 bits per heavy atom. The Morgan fingerprint density at radius 2 is 2.11 bits per heavy atom. The molecule has 4 nitrogen and oxygen atoms in total. The largest absolute Gasteiger partial charge is 0.312 e. The van der Waals surface area contributed by atoms with Crippen LogP contribution >= 0.6 is 11.3 Å². The van der Waals surface area contributed by atoms with E-state index in [1.54, 1.807) is 17.4 Å². The highest BCUT2D eigenvalue weighted by Gasteiger charge is 2.41. The second-order valence-electron chi connectivity index (χ2n) is 5.08. The number of sulfonamides is 1. The molecule has 1 aliphatic rings. The van der Waals surface area contributed by atoms with Gasteiger partial charge < -0.3 is 5.32 Å². The quantitative estimate of drug-likeness (QED) is 0.842. The van der Waals surface area contributed by atoms with Crippen LogP contribution in [-0.2, 0) is 16.6 Å². The molecule has 0 atom stereocenters. The van der Waals surface area contributed by atoms with Gasteiger partial charge in [0.05, 0.1) is 4.90 Å². The van der Waals surface area contributed by atoms with Crippen molar-refractivity contribution in [2.75, 3.05) is 6.54 Å². The highest BCUT2D eigenvalue weighted by atomic mass is 32.2. The maximum absolute atomic E-state index is 12.3. The Kier molecular flexibility index (Phi) is 3.82. The van der Waals surface area contributed by atoms with Crippen LogP contribution in [0.25, 0.3) is 0 Å². The summed E-state index contributed by atoms with van der Waals surface area (Å²) in [6.07, 6.45) is 1.86. The summed E-state index contributed by atoms with van der Waals surface area (Å²) in [6, 6.07) is 1.79. The van der Waals surface area contributed by atoms with Crippen molar-refractivity contribution in [2.24, 2.45) is 0 Å². The van der Waals surface area contributed by atoms with Crippen molar-refractivity contribution in [1.29, 1.82) is 0 Å². The molecule has 18 heavy (non-hydrogen) atoms. The lowest BCUT2D eigenvalue weighted by Crippen LogP contribution is -2.34. The van der Waals surface area contributed by atoms with E-state index in [2.05, 4.69) is 10.0 Å². The Labute approximate surface area is 113 Å². The van der Waals surface area contributed by atoms with Crippen LogP contribution in [0.1, 0.15) is 36.4 Å². The van der Waals surface area contributed by atoms with E-state index >= 15 is 0 Å². The molecule has 2 rings (SSSR count). The van der Waals surface area contributed by atoms with Gasteiger partial charge in [-0.25, -0.2) is 13.1 Å². The molecule has 102 valence electrons. The Bertz CT molecular complexity index is 530. The van der Waals surface area contributed by atoms with Crippen molar-refractivity contribution in [2.45, 2.75) is 50.6 Å². The highest BCUT2D eigenvalue weighted by molar-refractivity contribution is 7.89. The minimum Gasteiger partial charge on any atom is -0.312 e. The molecule has 0 amide bonds. The van der Waals surface area contributed by atoms with Crippen LogP contribution in [-0.4, -0.2) is 20.5 Å². The van der Waals surface area contributed by atoms with Crippen LogP contribution in [0.15, 0.2) is 11.0 Å². The second-order valence-corrected chi connectivity index (χ2v) is 8.07. The van der Waals surface area contributed by atoms with Gasteiger partial charge in [0.1, 0.15) is 0 Å². The zero-order chi connectivity index (χ0) is 13.4. The molecule has 1 aromatic heterocycles. The zero-order valence-electron chi connectivity index (χ0n) is 11.0. The van der Waals surface area contributed by atoms with E-state index in [1.165, 1.54) is 0 Å². The van der Waals surface area contributed by atoms with Gasteiger partial charge in [0, 0.05) is 21.8 Å². The number of thiophene rings is 1. The normalized spacial score (nSPS) is 17.9. The molecule has 0 unspecified atom stereocenters. The summed E-state index contributed by atoms with van der Waals surface area (Å²) >= 11 is 1.55. The van der Waals surface area contributed by atoms with Crippen molar-refractivity contribution in [3.05, 3.63) is 15.8 Å². The molecule has 1 fully saturated rings. The topological polar surface area (TPSA) is 58.2 Å². The molecule has 0 bridgehead atoms. The van der Waals surface area contributed by atoms with E-state index < -0.39 is 10.0 Å². The summed E-state index contributed by atoms with van der Waals surface area (Å²) in [5, 5.41) is 3.21. The molecular formula is C12H20N2O2S2. The molecule has 0 saturated heterocycles. The molecule has 0 radical (unpaired) electrons. The first-order chi connectivity index (χ1) is 8.36.